The van der Waals surface area contributed by atoms with Gasteiger partial charge in [0.1, 0.15) is 11.5 Å². The van der Waals surface area contributed by atoms with Crippen LogP contribution in [0.1, 0.15) is 23.8 Å². The Morgan fingerprint density at radius 1 is 1.35 bits per heavy atom. The van der Waals surface area contributed by atoms with Gasteiger partial charge in [0.05, 0.1) is 0 Å². The van der Waals surface area contributed by atoms with Crippen LogP contribution in [0.3, 0.4) is 0 Å². The van der Waals surface area contributed by atoms with Crippen molar-refractivity contribution in [1.82, 2.24) is 10.3 Å². The van der Waals surface area contributed by atoms with E-state index in [0.717, 1.165) is 13.0 Å². The molecule has 0 unspecified atom stereocenters. The Bertz CT molecular complexity index is 440. The van der Waals surface area contributed by atoms with Crippen molar-refractivity contribution < 1.29 is 18.0 Å². The number of carbonyl (C=O) groups is 1. The lowest BCUT2D eigenvalue weighted by atomic mass is 10.3. The maximum Gasteiger partial charge on any atom is 0.441 e. The maximum atomic E-state index is 11.9. The summed E-state index contributed by atoms with van der Waals surface area (Å²) in [7, 11) is 0. The summed E-state index contributed by atoms with van der Waals surface area (Å²) >= 11 is -0.162. The third-order valence-electron chi connectivity index (χ3n) is 2.19. The van der Waals surface area contributed by atoms with Gasteiger partial charge in [0.25, 0.3) is 5.91 Å². The number of hydrogen-bond donors (Lipinski definition) is 2. The van der Waals surface area contributed by atoms with Gasteiger partial charge in [-0.15, -0.1) is 0 Å². The van der Waals surface area contributed by atoms with Crippen molar-refractivity contribution in [3.63, 3.8) is 0 Å². The standard InChI is InChI=1S/C12H16F3N3OS/c1-2-6-16-10-5-3-4-9(18-10)11(19)17-7-8-20-12(13,14)15/h3-5H,2,6-8H2,1H3,(H,16,18)(H,17,19). The summed E-state index contributed by atoms with van der Waals surface area (Å²) in [4.78, 5) is 15.8. The lowest BCUT2D eigenvalue weighted by Crippen LogP contribution is -2.27. The van der Waals surface area contributed by atoms with Gasteiger partial charge in [0.15, 0.2) is 0 Å². The molecule has 0 bridgehead atoms. The van der Waals surface area contributed by atoms with Gasteiger partial charge in [0, 0.05) is 18.8 Å². The number of alkyl halides is 3. The quantitative estimate of drug-likeness (QED) is 0.761. The first kappa shape index (κ1) is 16.6. The maximum absolute atomic E-state index is 11.9. The molecule has 20 heavy (non-hydrogen) atoms. The monoisotopic (exact) mass is 307 g/mol. The van der Waals surface area contributed by atoms with Crippen LogP contribution in [0.2, 0.25) is 0 Å². The zero-order chi connectivity index (χ0) is 15.0. The Morgan fingerprint density at radius 2 is 2.10 bits per heavy atom. The van der Waals surface area contributed by atoms with Gasteiger partial charge in [0.2, 0.25) is 0 Å². The van der Waals surface area contributed by atoms with Gasteiger partial charge in [-0.1, -0.05) is 13.0 Å². The number of anilines is 1. The summed E-state index contributed by atoms with van der Waals surface area (Å²) in [6.45, 7) is 2.68. The van der Waals surface area contributed by atoms with Gasteiger partial charge in [-0.05, 0) is 30.3 Å². The van der Waals surface area contributed by atoms with Crippen molar-refractivity contribution in [2.24, 2.45) is 0 Å². The highest BCUT2D eigenvalue weighted by Gasteiger charge is 2.27. The van der Waals surface area contributed by atoms with Crippen LogP contribution in [0.5, 0.6) is 0 Å². The van der Waals surface area contributed by atoms with Gasteiger partial charge in [-0.3, -0.25) is 4.79 Å². The van der Waals surface area contributed by atoms with E-state index in [1.165, 1.54) is 6.07 Å². The van der Waals surface area contributed by atoms with E-state index in [-0.39, 0.29) is 29.8 Å². The fourth-order valence-corrected chi connectivity index (χ4v) is 1.77. The third kappa shape index (κ3) is 6.65. The molecule has 2 N–H and O–H groups in total. The van der Waals surface area contributed by atoms with Crippen LogP contribution in [0, 0.1) is 0 Å². The average Bonchev–Trinajstić information content (AvgIpc) is 2.40. The number of thioether (sulfide) groups is 1. The number of halogens is 3. The van der Waals surface area contributed by atoms with Crippen molar-refractivity contribution in [1.29, 1.82) is 0 Å². The first-order chi connectivity index (χ1) is 9.42. The number of aromatic nitrogens is 1. The molecule has 8 heteroatoms. The molecular weight excluding hydrogens is 291 g/mol. The van der Waals surface area contributed by atoms with E-state index >= 15 is 0 Å². The summed E-state index contributed by atoms with van der Waals surface area (Å²) in [5.41, 5.74) is -4.09. The molecule has 0 aliphatic rings. The molecule has 0 saturated carbocycles. The fraction of sp³-hybridized carbons (Fsp3) is 0.500. The SMILES string of the molecule is CCCNc1cccc(C(=O)NCCSC(F)(F)F)n1. The highest BCUT2D eigenvalue weighted by molar-refractivity contribution is 8.00. The molecule has 1 rings (SSSR count). The van der Waals surface area contributed by atoms with Crippen LogP contribution in [-0.2, 0) is 0 Å². The molecule has 1 aromatic rings. The first-order valence-corrected chi connectivity index (χ1v) is 7.10. The Balaban J connectivity index is 2.43. The minimum absolute atomic E-state index is 0.0582. The topological polar surface area (TPSA) is 54.0 Å². The van der Waals surface area contributed by atoms with Crippen molar-refractivity contribution in [3.05, 3.63) is 23.9 Å². The van der Waals surface area contributed by atoms with E-state index in [4.69, 9.17) is 0 Å². The van der Waals surface area contributed by atoms with E-state index in [9.17, 15) is 18.0 Å². The third-order valence-corrected chi connectivity index (χ3v) is 2.93. The first-order valence-electron chi connectivity index (χ1n) is 6.12. The van der Waals surface area contributed by atoms with Crippen LogP contribution >= 0.6 is 11.8 Å². The minimum atomic E-state index is -4.27. The number of hydrogen-bond acceptors (Lipinski definition) is 4. The molecular formula is C12H16F3N3OS. The summed E-state index contributed by atoms with van der Waals surface area (Å²) in [5, 5.41) is 5.44. The van der Waals surface area contributed by atoms with Gasteiger partial charge >= 0.3 is 5.51 Å². The molecule has 0 spiro atoms. The van der Waals surface area contributed by atoms with Gasteiger partial charge < -0.3 is 10.6 Å². The number of pyridine rings is 1. The zero-order valence-corrected chi connectivity index (χ0v) is 11.8. The second-order valence-corrected chi connectivity index (χ2v) is 5.04. The highest BCUT2D eigenvalue weighted by atomic mass is 32.2. The predicted molar refractivity (Wildman–Crippen MR) is 73.9 cm³/mol. The molecule has 0 aliphatic carbocycles. The van der Waals surface area contributed by atoms with E-state index in [0.29, 0.717) is 5.82 Å². The summed E-state index contributed by atoms with van der Waals surface area (Å²) in [5.74, 6) is -0.125. The predicted octanol–water partition coefficient (Wildman–Crippen LogP) is 2.89. The number of nitrogens with zero attached hydrogens (tertiary/aromatic N) is 1. The Labute approximate surface area is 119 Å². The molecule has 0 fully saturated rings. The Hall–Kier alpha value is -1.44. The molecule has 0 aromatic carbocycles. The van der Waals surface area contributed by atoms with Crippen LogP contribution in [-0.4, -0.2) is 35.2 Å². The average molecular weight is 307 g/mol. The summed E-state index contributed by atoms with van der Waals surface area (Å²) < 4.78 is 35.7. The molecule has 1 aromatic heterocycles. The van der Waals surface area contributed by atoms with Crippen molar-refractivity contribution >= 4 is 23.5 Å². The van der Waals surface area contributed by atoms with Crippen molar-refractivity contribution in [2.75, 3.05) is 24.2 Å². The van der Waals surface area contributed by atoms with Crippen LogP contribution in [0.4, 0.5) is 19.0 Å². The normalized spacial score (nSPS) is 11.2. The lowest BCUT2D eigenvalue weighted by Gasteiger charge is -2.08. The van der Waals surface area contributed by atoms with Gasteiger partial charge in [-0.2, -0.15) is 13.2 Å². The van der Waals surface area contributed by atoms with E-state index in [1.807, 2.05) is 6.92 Å². The molecule has 0 saturated heterocycles. The van der Waals surface area contributed by atoms with Crippen molar-refractivity contribution in [3.8, 4) is 0 Å². The summed E-state index contributed by atoms with van der Waals surface area (Å²) in [6.07, 6.45) is 0.923. The zero-order valence-electron chi connectivity index (χ0n) is 11.0. The molecule has 0 aliphatic heterocycles. The largest absolute Gasteiger partial charge is 0.441 e. The smallest absolute Gasteiger partial charge is 0.370 e. The van der Waals surface area contributed by atoms with Crippen LogP contribution in [0.15, 0.2) is 18.2 Å². The molecule has 1 amide bonds. The molecule has 0 radical (unpaired) electrons. The lowest BCUT2D eigenvalue weighted by molar-refractivity contribution is -0.0327. The molecule has 0 atom stereocenters. The van der Waals surface area contributed by atoms with E-state index in [1.54, 1.807) is 12.1 Å². The van der Waals surface area contributed by atoms with Gasteiger partial charge in [-0.25, -0.2) is 4.98 Å². The highest BCUT2D eigenvalue weighted by Crippen LogP contribution is 2.29. The molecule has 112 valence electrons. The van der Waals surface area contributed by atoms with Crippen LogP contribution < -0.4 is 10.6 Å². The van der Waals surface area contributed by atoms with E-state index < -0.39 is 11.4 Å². The summed E-state index contributed by atoms with van der Waals surface area (Å²) in [6, 6.07) is 4.92. The Morgan fingerprint density at radius 3 is 2.75 bits per heavy atom. The second kappa shape index (κ2) is 7.98. The number of nitrogens with one attached hydrogen (secondary N) is 2. The minimum Gasteiger partial charge on any atom is -0.370 e. The molecule has 4 nitrogen and oxygen atoms in total. The Kier molecular flexibility index (Phi) is 6.63. The van der Waals surface area contributed by atoms with Crippen LogP contribution in [0.25, 0.3) is 0 Å². The number of rotatable bonds is 7. The number of amides is 1. The van der Waals surface area contributed by atoms with Crippen molar-refractivity contribution in [2.45, 2.75) is 18.9 Å². The molecule has 1 heterocycles. The van der Waals surface area contributed by atoms with E-state index in [2.05, 4.69) is 15.6 Å². The number of carbonyl (C=O) groups excluding carboxylic acids is 1. The fourth-order valence-electron chi connectivity index (χ4n) is 1.33. The second-order valence-electron chi connectivity index (χ2n) is 3.88.